The highest BCUT2D eigenvalue weighted by Crippen LogP contribution is 2.21. The Kier molecular flexibility index (Phi) is 6.25. The Morgan fingerprint density at radius 3 is 2.55 bits per heavy atom. The van der Waals surface area contributed by atoms with Gasteiger partial charge in [-0.15, -0.1) is 6.58 Å². The van der Waals surface area contributed by atoms with Gasteiger partial charge in [0.2, 0.25) is 0 Å². The molecular weight excluding hydrogens is 252 g/mol. The van der Waals surface area contributed by atoms with Gasteiger partial charge in [-0.1, -0.05) is 57.2 Å². The molecule has 0 aliphatic heterocycles. The number of nitrogens with one attached hydrogen (secondary N) is 2. The zero-order valence-electron chi connectivity index (χ0n) is 12.5. The number of rotatable bonds is 6. The van der Waals surface area contributed by atoms with E-state index in [1.807, 2.05) is 36.4 Å². The number of carbonyl (C=O) groups is 1. The van der Waals surface area contributed by atoms with Gasteiger partial charge in [0.05, 0.1) is 0 Å². The Morgan fingerprint density at radius 1 is 1.35 bits per heavy atom. The summed E-state index contributed by atoms with van der Waals surface area (Å²) in [6.07, 6.45) is 2.12. The normalized spacial score (nSPS) is 12.6. The van der Waals surface area contributed by atoms with Crippen LogP contribution in [0.25, 0.3) is 0 Å². The summed E-state index contributed by atoms with van der Waals surface area (Å²) in [6, 6.07) is 9.67. The molecule has 4 nitrogen and oxygen atoms in total. The molecule has 0 aromatic heterocycles. The molecule has 1 rings (SSSR count). The van der Waals surface area contributed by atoms with Crippen LogP contribution < -0.4 is 10.9 Å². The summed E-state index contributed by atoms with van der Waals surface area (Å²) >= 11 is 0. The van der Waals surface area contributed by atoms with Crippen LogP contribution in [0.4, 0.5) is 4.79 Å². The van der Waals surface area contributed by atoms with E-state index in [1.165, 1.54) is 0 Å². The van der Waals surface area contributed by atoms with Gasteiger partial charge in [-0.05, 0) is 17.4 Å². The van der Waals surface area contributed by atoms with Gasteiger partial charge in [-0.25, -0.2) is 10.2 Å². The van der Waals surface area contributed by atoms with Crippen molar-refractivity contribution in [2.45, 2.75) is 39.8 Å². The number of hydrogen-bond acceptors (Lipinski definition) is 3. The van der Waals surface area contributed by atoms with Gasteiger partial charge in [0.1, 0.15) is 6.61 Å². The smallest absolute Gasteiger partial charge is 0.421 e. The van der Waals surface area contributed by atoms with E-state index in [-0.39, 0.29) is 18.1 Å². The highest BCUT2D eigenvalue weighted by Gasteiger charge is 2.23. The Hall–Kier alpha value is -1.81. The summed E-state index contributed by atoms with van der Waals surface area (Å²) in [6.45, 7) is 10.3. The Bertz CT molecular complexity index is 424. The monoisotopic (exact) mass is 276 g/mol. The summed E-state index contributed by atoms with van der Waals surface area (Å²) in [7, 11) is 0. The molecule has 0 bridgehead atoms. The van der Waals surface area contributed by atoms with E-state index >= 15 is 0 Å². The van der Waals surface area contributed by atoms with Gasteiger partial charge >= 0.3 is 6.09 Å². The quantitative estimate of drug-likeness (QED) is 0.618. The largest absolute Gasteiger partial charge is 0.444 e. The minimum Gasteiger partial charge on any atom is -0.444 e. The van der Waals surface area contributed by atoms with Crippen LogP contribution >= 0.6 is 0 Å². The van der Waals surface area contributed by atoms with Gasteiger partial charge in [0, 0.05) is 6.04 Å². The second-order valence-corrected chi connectivity index (χ2v) is 5.77. The second-order valence-electron chi connectivity index (χ2n) is 5.77. The van der Waals surface area contributed by atoms with Gasteiger partial charge in [0.15, 0.2) is 0 Å². The number of hydrazine groups is 1. The third-order valence-corrected chi connectivity index (χ3v) is 3.01. The Labute approximate surface area is 121 Å². The molecular formula is C16H24N2O2. The van der Waals surface area contributed by atoms with Crippen molar-refractivity contribution in [3.63, 3.8) is 0 Å². The van der Waals surface area contributed by atoms with E-state index in [2.05, 4.69) is 38.2 Å². The average Bonchev–Trinajstić information content (AvgIpc) is 2.41. The maximum absolute atomic E-state index is 11.6. The van der Waals surface area contributed by atoms with E-state index in [0.717, 1.165) is 12.0 Å². The number of carbonyl (C=O) groups excluding carboxylic acids is 1. The molecule has 0 saturated heterocycles. The fourth-order valence-corrected chi connectivity index (χ4v) is 1.70. The molecule has 0 spiro atoms. The van der Waals surface area contributed by atoms with Crippen LogP contribution in [-0.4, -0.2) is 12.1 Å². The van der Waals surface area contributed by atoms with Gasteiger partial charge < -0.3 is 4.74 Å². The molecule has 4 heteroatoms. The molecule has 1 atom stereocenters. The molecule has 1 aromatic carbocycles. The fourth-order valence-electron chi connectivity index (χ4n) is 1.70. The number of amides is 1. The summed E-state index contributed by atoms with van der Waals surface area (Å²) in [4.78, 5) is 11.6. The average molecular weight is 276 g/mol. The highest BCUT2D eigenvalue weighted by molar-refractivity contribution is 5.66. The molecule has 0 aliphatic carbocycles. The predicted molar refractivity (Wildman–Crippen MR) is 81.0 cm³/mol. The number of hydrogen-bond donors (Lipinski definition) is 2. The van der Waals surface area contributed by atoms with Crippen LogP contribution in [0.3, 0.4) is 0 Å². The lowest BCUT2D eigenvalue weighted by Gasteiger charge is -2.30. The summed E-state index contributed by atoms with van der Waals surface area (Å²) < 4.78 is 5.13. The zero-order valence-corrected chi connectivity index (χ0v) is 12.5. The van der Waals surface area contributed by atoms with Gasteiger partial charge in [-0.3, -0.25) is 5.43 Å². The molecule has 2 N–H and O–H groups in total. The zero-order chi connectivity index (χ0) is 15.0. The van der Waals surface area contributed by atoms with Crippen LogP contribution in [0.2, 0.25) is 0 Å². The van der Waals surface area contributed by atoms with Crippen LogP contribution in [0, 0.1) is 5.41 Å². The van der Waals surface area contributed by atoms with Crippen molar-refractivity contribution in [2.24, 2.45) is 5.41 Å². The number of ether oxygens (including phenoxy) is 1. The Balaban J connectivity index is 2.36. The first-order valence-electron chi connectivity index (χ1n) is 6.76. The van der Waals surface area contributed by atoms with Crippen LogP contribution in [0.5, 0.6) is 0 Å². The molecule has 0 radical (unpaired) electrons. The number of benzene rings is 1. The second kappa shape index (κ2) is 7.70. The summed E-state index contributed by atoms with van der Waals surface area (Å²) in [5.74, 6) is 0. The van der Waals surface area contributed by atoms with Crippen molar-refractivity contribution < 1.29 is 9.53 Å². The highest BCUT2D eigenvalue weighted by atomic mass is 16.6. The van der Waals surface area contributed by atoms with E-state index in [1.54, 1.807) is 0 Å². The lowest BCUT2D eigenvalue weighted by Crippen LogP contribution is -2.49. The van der Waals surface area contributed by atoms with Crippen molar-refractivity contribution in [1.29, 1.82) is 0 Å². The van der Waals surface area contributed by atoms with Crippen LogP contribution in [-0.2, 0) is 11.3 Å². The van der Waals surface area contributed by atoms with Crippen LogP contribution in [0.1, 0.15) is 32.8 Å². The lowest BCUT2D eigenvalue weighted by atomic mass is 9.85. The molecule has 110 valence electrons. The molecule has 0 heterocycles. The lowest BCUT2D eigenvalue weighted by molar-refractivity contribution is 0.127. The predicted octanol–water partition coefficient (Wildman–Crippen LogP) is 3.41. The van der Waals surface area contributed by atoms with E-state index in [0.29, 0.717) is 0 Å². The van der Waals surface area contributed by atoms with Crippen molar-refractivity contribution in [3.8, 4) is 0 Å². The Morgan fingerprint density at radius 2 is 2.00 bits per heavy atom. The fraction of sp³-hybridized carbons (Fsp3) is 0.438. The van der Waals surface area contributed by atoms with Crippen LogP contribution in [0.15, 0.2) is 43.0 Å². The van der Waals surface area contributed by atoms with Crippen molar-refractivity contribution >= 4 is 6.09 Å². The molecule has 0 saturated carbocycles. The first kappa shape index (κ1) is 16.2. The molecule has 0 aliphatic rings. The van der Waals surface area contributed by atoms with Gasteiger partial charge in [-0.2, -0.15) is 0 Å². The molecule has 20 heavy (non-hydrogen) atoms. The summed E-state index contributed by atoms with van der Waals surface area (Å²) in [5, 5.41) is 0. The van der Waals surface area contributed by atoms with E-state index in [4.69, 9.17) is 4.74 Å². The van der Waals surface area contributed by atoms with Gasteiger partial charge in [0.25, 0.3) is 0 Å². The topological polar surface area (TPSA) is 50.4 Å². The molecule has 1 aromatic rings. The minimum atomic E-state index is -0.479. The first-order chi connectivity index (χ1) is 9.43. The first-order valence-corrected chi connectivity index (χ1v) is 6.76. The standard InChI is InChI=1S/C16H24N2O2/c1-5-9-14(16(2,3)4)17-18-15(19)20-12-13-10-7-6-8-11-13/h5-8,10-11,14,17H,1,9,12H2,2-4H3,(H,18,19). The SMILES string of the molecule is C=CCC(NNC(=O)OCc1ccccc1)C(C)(C)C. The third-order valence-electron chi connectivity index (χ3n) is 3.01. The third kappa shape index (κ3) is 5.89. The van der Waals surface area contributed by atoms with E-state index < -0.39 is 6.09 Å². The minimum absolute atomic E-state index is 0.0148. The summed E-state index contributed by atoms with van der Waals surface area (Å²) in [5.41, 5.74) is 6.56. The molecule has 1 unspecified atom stereocenters. The molecule has 1 amide bonds. The van der Waals surface area contributed by atoms with E-state index in [9.17, 15) is 4.79 Å². The maximum Gasteiger partial charge on any atom is 0.421 e. The van der Waals surface area contributed by atoms with Crippen molar-refractivity contribution in [3.05, 3.63) is 48.6 Å². The van der Waals surface area contributed by atoms with Crippen molar-refractivity contribution in [2.75, 3.05) is 0 Å². The maximum atomic E-state index is 11.6. The van der Waals surface area contributed by atoms with Crippen molar-refractivity contribution in [1.82, 2.24) is 10.9 Å². The molecule has 0 fully saturated rings.